The molecule has 0 bridgehead atoms. The molecule has 0 fully saturated rings. The van der Waals surface area contributed by atoms with Crippen LogP contribution in [0.2, 0.25) is 0 Å². The standard InChI is InChI=1S/C10H5BrO3/c11-8-4-3-7(2-1-5-12)9(6-8)10(13)14/h3-6H,(H,13,14). The smallest absolute Gasteiger partial charge is 0.337 e. The fourth-order valence-corrected chi connectivity index (χ4v) is 1.27. The first kappa shape index (κ1) is 10.5. The molecule has 0 radical (unpaired) electrons. The molecule has 1 N–H and O–H groups in total. The van der Waals surface area contributed by atoms with E-state index < -0.39 is 5.97 Å². The van der Waals surface area contributed by atoms with Gasteiger partial charge in [0.2, 0.25) is 0 Å². The van der Waals surface area contributed by atoms with Crippen molar-refractivity contribution in [3.05, 3.63) is 33.8 Å². The number of aldehydes is 1. The van der Waals surface area contributed by atoms with Gasteiger partial charge in [0.1, 0.15) is 0 Å². The van der Waals surface area contributed by atoms with Crippen molar-refractivity contribution in [3.63, 3.8) is 0 Å². The van der Waals surface area contributed by atoms with Crippen LogP contribution in [-0.2, 0) is 4.79 Å². The molecule has 0 heterocycles. The van der Waals surface area contributed by atoms with E-state index in [2.05, 4.69) is 27.8 Å². The lowest BCUT2D eigenvalue weighted by atomic mass is 10.1. The maximum atomic E-state index is 10.8. The number of aromatic carboxylic acids is 1. The van der Waals surface area contributed by atoms with E-state index in [-0.39, 0.29) is 5.56 Å². The molecule has 3 nitrogen and oxygen atoms in total. The summed E-state index contributed by atoms with van der Waals surface area (Å²) in [7, 11) is 0. The minimum Gasteiger partial charge on any atom is -0.478 e. The van der Waals surface area contributed by atoms with E-state index in [1.54, 1.807) is 12.1 Å². The number of carboxylic acid groups (broad SMARTS) is 1. The van der Waals surface area contributed by atoms with Gasteiger partial charge in [-0.05, 0) is 24.1 Å². The summed E-state index contributed by atoms with van der Waals surface area (Å²) in [5.74, 6) is 3.55. The first-order chi connectivity index (χ1) is 6.65. The summed E-state index contributed by atoms with van der Waals surface area (Å²) in [5, 5.41) is 8.81. The summed E-state index contributed by atoms with van der Waals surface area (Å²) < 4.78 is 0.659. The first-order valence-corrected chi connectivity index (χ1v) is 4.42. The molecule has 0 aliphatic rings. The van der Waals surface area contributed by atoms with E-state index in [4.69, 9.17) is 5.11 Å². The highest BCUT2D eigenvalue weighted by atomic mass is 79.9. The van der Waals surface area contributed by atoms with E-state index in [1.807, 2.05) is 0 Å². The van der Waals surface area contributed by atoms with Gasteiger partial charge in [0.15, 0.2) is 6.29 Å². The monoisotopic (exact) mass is 252 g/mol. The first-order valence-electron chi connectivity index (χ1n) is 3.63. The van der Waals surface area contributed by atoms with Crippen LogP contribution in [0.25, 0.3) is 0 Å². The third-order valence-corrected chi connectivity index (χ3v) is 1.97. The molecule has 0 aliphatic carbocycles. The lowest BCUT2D eigenvalue weighted by Crippen LogP contribution is -1.99. The van der Waals surface area contributed by atoms with Gasteiger partial charge in [-0.15, -0.1) is 0 Å². The molecule has 1 aromatic carbocycles. The lowest BCUT2D eigenvalue weighted by molar-refractivity contribution is -0.103. The number of carbonyl (C=O) groups excluding carboxylic acids is 1. The van der Waals surface area contributed by atoms with Crippen molar-refractivity contribution in [1.29, 1.82) is 0 Å². The minimum absolute atomic E-state index is 0.0775. The Kier molecular flexibility index (Phi) is 3.43. The second kappa shape index (κ2) is 4.58. The second-order valence-corrected chi connectivity index (χ2v) is 3.30. The van der Waals surface area contributed by atoms with E-state index in [0.29, 0.717) is 16.3 Å². The van der Waals surface area contributed by atoms with Gasteiger partial charge in [0.25, 0.3) is 0 Å². The highest BCUT2D eigenvalue weighted by Gasteiger charge is 2.08. The van der Waals surface area contributed by atoms with Crippen molar-refractivity contribution >= 4 is 28.2 Å². The Morgan fingerprint density at radius 3 is 2.79 bits per heavy atom. The Morgan fingerprint density at radius 2 is 2.21 bits per heavy atom. The third-order valence-electron chi connectivity index (χ3n) is 1.48. The number of benzene rings is 1. The molecule has 0 saturated heterocycles. The molecule has 1 rings (SSSR count). The summed E-state index contributed by atoms with van der Waals surface area (Å²) >= 11 is 3.15. The Balaban J connectivity index is 3.28. The number of halogens is 1. The minimum atomic E-state index is -1.07. The molecule has 70 valence electrons. The van der Waals surface area contributed by atoms with E-state index in [0.717, 1.165) is 0 Å². The van der Waals surface area contributed by atoms with E-state index >= 15 is 0 Å². The maximum absolute atomic E-state index is 10.8. The van der Waals surface area contributed by atoms with Crippen LogP contribution in [0.1, 0.15) is 15.9 Å². The Bertz CT molecular complexity index is 440. The largest absolute Gasteiger partial charge is 0.478 e. The Labute approximate surface area is 88.9 Å². The summed E-state index contributed by atoms with van der Waals surface area (Å²) in [5.41, 5.74) is 0.404. The van der Waals surface area contributed by atoms with Crippen molar-refractivity contribution in [1.82, 2.24) is 0 Å². The van der Waals surface area contributed by atoms with Crippen LogP contribution in [0.5, 0.6) is 0 Å². The molecular weight excluding hydrogens is 248 g/mol. The molecule has 4 heteroatoms. The van der Waals surface area contributed by atoms with Crippen LogP contribution in [-0.4, -0.2) is 17.4 Å². The van der Waals surface area contributed by atoms with E-state index in [1.165, 1.54) is 6.07 Å². The summed E-state index contributed by atoms with van der Waals surface area (Å²) in [6.07, 6.45) is 0.424. The topological polar surface area (TPSA) is 54.4 Å². The van der Waals surface area contributed by atoms with Gasteiger partial charge in [-0.3, -0.25) is 4.79 Å². The van der Waals surface area contributed by atoms with Gasteiger partial charge in [-0.25, -0.2) is 4.79 Å². The van der Waals surface area contributed by atoms with Crippen LogP contribution in [0.3, 0.4) is 0 Å². The van der Waals surface area contributed by atoms with Crippen molar-refractivity contribution < 1.29 is 14.7 Å². The molecule has 0 aromatic heterocycles. The SMILES string of the molecule is O=CC#Cc1ccc(Br)cc1C(=O)O. The molecule has 0 atom stereocenters. The molecule has 0 amide bonds. The number of carboxylic acids is 1. The molecule has 14 heavy (non-hydrogen) atoms. The highest BCUT2D eigenvalue weighted by molar-refractivity contribution is 9.10. The quantitative estimate of drug-likeness (QED) is 0.612. The van der Waals surface area contributed by atoms with Crippen LogP contribution in [0.15, 0.2) is 22.7 Å². The van der Waals surface area contributed by atoms with Gasteiger partial charge in [0, 0.05) is 10.0 Å². The van der Waals surface area contributed by atoms with Gasteiger partial charge in [-0.2, -0.15) is 0 Å². The highest BCUT2D eigenvalue weighted by Crippen LogP contribution is 2.15. The maximum Gasteiger partial charge on any atom is 0.337 e. The second-order valence-electron chi connectivity index (χ2n) is 2.38. The lowest BCUT2D eigenvalue weighted by Gasteiger charge is -1.98. The summed E-state index contributed by atoms with van der Waals surface area (Å²) in [4.78, 5) is 20.8. The van der Waals surface area contributed by atoms with Crippen LogP contribution in [0.4, 0.5) is 0 Å². The average Bonchev–Trinajstić information content (AvgIpc) is 2.15. The van der Waals surface area contributed by atoms with Gasteiger partial charge >= 0.3 is 5.97 Å². The molecule has 0 unspecified atom stereocenters. The van der Waals surface area contributed by atoms with Crippen molar-refractivity contribution in [2.24, 2.45) is 0 Å². The zero-order valence-electron chi connectivity index (χ0n) is 6.95. The van der Waals surface area contributed by atoms with Crippen LogP contribution >= 0.6 is 15.9 Å². The molecular formula is C10H5BrO3. The van der Waals surface area contributed by atoms with E-state index in [9.17, 15) is 9.59 Å². The van der Waals surface area contributed by atoms with Crippen molar-refractivity contribution in [3.8, 4) is 11.8 Å². The Hall–Kier alpha value is -1.60. The molecule has 0 spiro atoms. The molecule has 0 saturated carbocycles. The van der Waals surface area contributed by atoms with Crippen molar-refractivity contribution in [2.75, 3.05) is 0 Å². The van der Waals surface area contributed by atoms with Gasteiger partial charge < -0.3 is 5.11 Å². The fraction of sp³-hybridized carbons (Fsp3) is 0. The zero-order chi connectivity index (χ0) is 10.6. The third kappa shape index (κ3) is 2.44. The molecule has 1 aromatic rings. The van der Waals surface area contributed by atoms with Crippen LogP contribution < -0.4 is 0 Å². The predicted octanol–water partition coefficient (Wildman–Crippen LogP) is 1.70. The summed E-state index contributed by atoms with van der Waals surface area (Å²) in [6, 6.07) is 4.66. The van der Waals surface area contributed by atoms with Gasteiger partial charge in [-0.1, -0.05) is 21.9 Å². The average molecular weight is 253 g/mol. The number of hydrogen-bond donors (Lipinski definition) is 1. The summed E-state index contributed by atoms with van der Waals surface area (Å²) in [6.45, 7) is 0. The predicted molar refractivity (Wildman–Crippen MR) is 54.0 cm³/mol. The molecule has 0 aliphatic heterocycles. The number of carbonyl (C=O) groups is 2. The number of rotatable bonds is 1. The fourth-order valence-electron chi connectivity index (χ4n) is 0.910. The zero-order valence-corrected chi connectivity index (χ0v) is 8.54. The number of hydrogen-bond acceptors (Lipinski definition) is 2. The normalized spacial score (nSPS) is 8.64. The van der Waals surface area contributed by atoms with Crippen molar-refractivity contribution in [2.45, 2.75) is 0 Å². The van der Waals surface area contributed by atoms with Crippen LogP contribution in [0, 0.1) is 11.8 Å². The Morgan fingerprint density at radius 1 is 1.50 bits per heavy atom. The van der Waals surface area contributed by atoms with Gasteiger partial charge in [0.05, 0.1) is 5.56 Å².